The third-order valence-corrected chi connectivity index (χ3v) is 3.86. The highest BCUT2D eigenvalue weighted by Gasteiger charge is 2.01. The van der Waals surface area contributed by atoms with Gasteiger partial charge in [0.25, 0.3) is 5.56 Å². The topological polar surface area (TPSA) is 68.7 Å². The predicted molar refractivity (Wildman–Crippen MR) is 98.6 cm³/mol. The van der Waals surface area contributed by atoms with Gasteiger partial charge in [-0.3, -0.25) is 9.79 Å². The van der Waals surface area contributed by atoms with E-state index in [1.165, 1.54) is 0 Å². The minimum Gasteiger partial charge on any atom is -0.395 e. The largest absolute Gasteiger partial charge is 0.395 e. The van der Waals surface area contributed by atoms with Crippen molar-refractivity contribution in [1.29, 1.82) is 0 Å². The molecule has 24 heavy (non-hydrogen) atoms. The third kappa shape index (κ3) is 3.52. The molecule has 0 radical (unpaired) electrons. The van der Waals surface area contributed by atoms with E-state index in [-0.39, 0.29) is 12.2 Å². The molecule has 2 N–H and O–H groups in total. The number of pyridine rings is 1. The Kier molecular flexibility index (Phi) is 4.72. The summed E-state index contributed by atoms with van der Waals surface area (Å²) in [6, 6.07) is 17.1. The van der Waals surface area contributed by atoms with E-state index < -0.39 is 0 Å². The number of aliphatic hydroxyl groups excluding tert-OH is 1. The Morgan fingerprint density at radius 3 is 2.67 bits per heavy atom. The molecule has 0 bridgehead atoms. The number of benzene rings is 2. The summed E-state index contributed by atoms with van der Waals surface area (Å²) >= 11 is 0. The van der Waals surface area contributed by atoms with E-state index in [1.54, 1.807) is 6.21 Å². The van der Waals surface area contributed by atoms with E-state index in [9.17, 15) is 4.79 Å². The molecule has 0 aliphatic rings. The molecule has 5 heteroatoms. The number of rotatable bonds is 5. The van der Waals surface area contributed by atoms with Crippen LogP contribution in [-0.2, 0) is 0 Å². The van der Waals surface area contributed by atoms with Crippen LogP contribution in [0.15, 0.2) is 64.4 Å². The van der Waals surface area contributed by atoms with E-state index in [1.807, 2.05) is 66.5 Å². The van der Waals surface area contributed by atoms with Gasteiger partial charge in [-0.1, -0.05) is 18.2 Å². The van der Waals surface area contributed by atoms with Crippen molar-refractivity contribution in [3.63, 3.8) is 0 Å². The Labute approximate surface area is 139 Å². The van der Waals surface area contributed by atoms with Gasteiger partial charge in [0.05, 0.1) is 17.9 Å². The van der Waals surface area contributed by atoms with Gasteiger partial charge in [-0.15, -0.1) is 0 Å². The van der Waals surface area contributed by atoms with Crippen LogP contribution in [0.2, 0.25) is 0 Å². The van der Waals surface area contributed by atoms with Crippen molar-refractivity contribution in [3.05, 3.63) is 70.5 Å². The van der Waals surface area contributed by atoms with Gasteiger partial charge in [-0.25, -0.2) is 0 Å². The number of hydrogen-bond donors (Lipinski definition) is 2. The second kappa shape index (κ2) is 7.10. The van der Waals surface area contributed by atoms with Crippen LogP contribution in [0.5, 0.6) is 0 Å². The Morgan fingerprint density at radius 1 is 1.17 bits per heavy atom. The van der Waals surface area contributed by atoms with Crippen LogP contribution in [0.1, 0.15) is 5.56 Å². The number of aliphatic imine (C=N–C) groups is 1. The lowest BCUT2D eigenvalue weighted by atomic mass is 10.1. The molecule has 0 fully saturated rings. The summed E-state index contributed by atoms with van der Waals surface area (Å²) in [5.74, 6) is 0. The Balaban J connectivity index is 1.83. The number of anilines is 1. The molecule has 0 unspecified atom stereocenters. The second-order valence-corrected chi connectivity index (χ2v) is 5.56. The number of nitrogens with zero attached hydrogens (tertiary/aromatic N) is 2. The van der Waals surface area contributed by atoms with Crippen molar-refractivity contribution in [2.45, 2.75) is 0 Å². The number of para-hydroxylation sites is 1. The molecule has 2 aromatic carbocycles. The van der Waals surface area contributed by atoms with Gasteiger partial charge >= 0.3 is 0 Å². The van der Waals surface area contributed by atoms with Gasteiger partial charge in [0, 0.05) is 31.0 Å². The molecule has 3 aromatic rings. The van der Waals surface area contributed by atoms with Crippen LogP contribution in [0.3, 0.4) is 0 Å². The number of aromatic nitrogens is 1. The van der Waals surface area contributed by atoms with Crippen LogP contribution in [0.25, 0.3) is 10.9 Å². The summed E-state index contributed by atoms with van der Waals surface area (Å²) in [4.78, 5) is 21.3. The number of fused-ring (bicyclic) bond motifs is 1. The zero-order valence-corrected chi connectivity index (χ0v) is 13.4. The maximum atomic E-state index is 12.1. The second-order valence-electron chi connectivity index (χ2n) is 5.56. The molecular weight excluding hydrogens is 302 g/mol. The summed E-state index contributed by atoms with van der Waals surface area (Å²) in [5.41, 5.74) is 2.96. The summed E-state index contributed by atoms with van der Waals surface area (Å²) in [7, 11) is 1.92. The molecule has 0 saturated heterocycles. The number of aliphatic hydroxyl groups is 1. The van der Waals surface area contributed by atoms with Crippen LogP contribution in [0, 0.1) is 0 Å². The van der Waals surface area contributed by atoms with E-state index in [0.717, 1.165) is 22.3 Å². The minimum atomic E-state index is -0.156. The van der Waals surface area contributed by atoms with Crippen LogP contribution >= 0.6 is 0 Å². The molecule has 3 rings (SSSR count). The predicted octanol–water partition coefficient (Wildman–Crippen LogP) is 2.71. The summed E-state index contributed by atoms with van der Waals surface area (Å²) in [6.07, 6.45) is 1.58. The molecule has 5 nitrogen and oxygen atoms in total. The number of H-pyrrole nitrogens is 1. The average molecular weight is 321 g/mol. The first-order valence-electron chi connectivity index (χ1n) is 7.75. The Morgan fingerprint density at radius 2 is 1.92 bits per heavy atom. The maximum Gasteiger partial charge on any atom is 0.257 e. The molecule has 0 aliphatic carbocycles. The molecule has 1 heterocycles. The fraction of sp³-hybridized carbons (Fsp3) is 0.158. The molecule has 0 amide bonds. The van der Waals surface area contributed by atoms with E-state index in [2.05, 4.69) is 9.98 Å². The molecule has 0 saturated carbocycles. The van der Waals surface area contributed by atoms with Crippen molar-refractivity contribution < 1.29 is 5.11 Å². The quantitative estimate of drug-likeness (QED) is 0.710. The number of hydrogen-bond acceptors (Lipinski definition) is 4. The van der Waals surface area contributed by atoms with Gasteiger partial charge in [0.2, 0.25) is 0 Å². The van der Waals surface area contributed by atoms with Crippen molar-refractivity contribution in [1.82, 2.24) is 4.98 Å². The smallest absolute Gasteiger partial charge is 0.257 e. The lowest BCUT2D eigenvalue weighted by molar-refractivity contribution is 0.304. The van der Waals surface area contributed by atoms with Gasteiger partial charge in [-0.05, 0) is 41.8 Å². The zero-order chi connectivity index (χ0) is 16.9. The van der Waals surface area contributed by atoms with Crippen LogP contribution in [-0.4, -0.2) is 36.5 Å². The monoisotopic (exact) mass is 321 g/mol. The highest BCUT2D eigenvalue weighted by molar-refractivity contribution is 5.88. The fourth-order valence-electron chi connectivity index (χ4n) is 2.48. The number of aromatic amines is 1. The summed E-state index contributed by atoms with van der Waals surface area (Å²) < 4.78 is 0. The van der Waals surface area contributed by atoms with Gasteiger partial charge in [0.1, 0.15) is 0 Å². The SMILES string of the molecule is CN(CCO)c1ccc(N=Cc2cc3ccccc3[nH]c2=O)cc1. The van der Waals surface area contributed by atoms with E-state index >= 15 is 0 Å². The first-order chi connectivity index (χ1) is 11.7. The van der Waals surface area contributed by atoms with Crippen molar-refractivity contribution >= 4 is 28.5 Å². The lowest BCUT2D eigenvalue weighted by Gasteiger charge is -2.17. The van der Waals surface area contributed by atoms with Crippen LogP contribution < -0.4 is 10.5 Å². The molecular formula is C19H19N3O2. The highest BCUT2D eigenvalue weighted by atomic mass is 16.3. The Hall–Kier alpha value is -2.92. The van der Waals surface area contributed by atoms with E-state index in [0.29, 0.717) is 12.1 Å². The summed E-state index contributed by atoms with van der Waals surface area (Å²) in [6.45, 7) is 0.691. The van der Waals surface area contributed by atoms with Crippen molar-refractivity contribution in [3.8, 4) is 0 Å². The van der Waals surface area contributed by atoms with E-state index in [4.69, 9.17) is 5.11 Å². The maximum absolute atomic E-state index is 12.1. The van der Waals surface area contributed by atoms with Gasteiger partial charge in [-0.2, -0.15) is 0 Å². The molecule has 0 aliphatic heterocycles. The van der Waals surface area contributed by atoms with Crippen molar-refractivity contribution in [2.24, 2.45) is 4.99 Å². The first-order valence-corrected chi connectivity index (χ1v) is 7.75. The normalized spacial score (nSPS) is 11.2. The van der Waals surface area contributed by atoms with Gasteiger partial charge in [0.15, 0.2) is 0 Å². The molecule has 122 valence electrons. The van der Waals surface area contributed by atoms with Crippen LogP contribution in [0.4, 0.5) is 11.4 Å². The minimum absolute atomic E-state index is 0.112. The highest BCUT2D eigenvalue weighted by Crippen LogP contribution is 2.18. The summed E-state index contributed by atoms with van der Waals surface area (Å²) in [5, 5.41) is 9.94. The Bertz CT molecular complexity index is 914. The molecule has 1 aromatic heterocycles. The fourth-order valence-corrected chi connectivity index (χ4v) is 2.48. The first kappa shape index (κ1) is 16.0. The lowest BCUT2D eigenvalue weighted by Crippen LogP contribution is -2.20. The van der Waals surface area contributed by atoms with Gasteiger partial charge < -0.3 is 15.0 Å². The number of likely N-dealkylation sites (N-methyl/N-ethyl adjacent to an activating group) is 1. The number of nitrogens with one attached hydrogen (secondary N) is 1. The standard InChI is InChI=1S/C19H19N3O2/c1-22(10-11-23)17-8-6-16(7-9-17)20-13-15-12-14-4-2-3-5-18(14)21-19(15)24/h2-9,12-13,23H,10-11H2,1H3,(H,21,24). The average Bonchev–Trinajstić information content (AvgIpc) is 2.60. The zero-order valence-electron chi connectivity index (χ0n) is 13.4. The third-order valence-electron chi connectivity index (χ3n) is 3.86. The molecule has 0 spiro atoms. The van der Waals surface area contributed by atoms with Crippen molar-refractivity contribution in [2.75, 3.05) is 25.1 Å². The molecule has 0 atom stereocenters.